The molecule has 0 aromatic heterocycles. The van der Waals surface area contributed by atoms with Crippen molar-refractivity contribution in [1.29, 1.82) is 5.26 Å². The highest BCUT2D eigenvalue weighted by atomic mass is 32.2. The van der Waals surface area contributed by atoms with E-state index in [9.17, 15) is 8.42 Å². The molecule has 0 radical (unpaired) electrons. The van der Waals surface area contributed by atoms with Crippen molar-refractivity contribution in [2.75, 3.05) is 32.4 Å². The molecule has 1 aliphatic rings. The van der Waals surface area contributed by atoms with Crippen LogP contribution < -0.4 is 0 Å². The molecule has 0 aromatic rings. The topological polar surface area (TPSA) is 76.8 Å². The van der Waals surface area contributed by atoms with Crippen molar-refractivity contribution in [2.24, 2.45) is 5.10 Å². The first-order valence-corrected chi connectivity index (χ1v) is 6.01. The smallest absolute Gasteiger partial charge is 0.211 e. The fourth-order valence-corrected chi connectivity index (χ4v) is 2.06. The highest BCUT2D eigenvalue weighted by Gasteiger charge is 2.22. The maximum atomic E-state index is 11.1. The van der Waals surface area contributed by atoms with Gasteiger partial charge in [0.15, 0.2) is 0 Å². The third-order valence-corrected chi connectivity index (χ3v) is 3.27. The molecule has 0 aromatic carbocycles. The third kappa shape index (κ3) is 2.97. The number of hydrogen-bond donors (Lipinski definition) is 0. The van der Waals surface area contributed by atoms with Gasteiger partial charge in [-0.2, -0.15) is 14.7 Å². The molecular weight excluding hydrogens is 204 g/mol. The van der Waals surface area contributed by atoms with E-state index in [0.717, 1.165) is 6.21 Å². The Kier molecular flexibility index (Phi) is 3.43. The average Bonchev–Trinajstić information content (AvgIpc) is 2.14. The van der Waals surface area contributed by atoms with Crippen LogP contribution in [-0.4, -0.2) is 56.4 Å². The molecule has 0 bridgehead atoms. The molecular formula is C7H12N4O2S. The Morgan fingerprint density at radius 3 is 2.36 bits per heavy atom. The van der Waals surface area contributed by atoms with Crippen molar-refractivity contribution in [3.05, 3.63) is 0 Å². The largest absolute Gasteiger partial charge is 0.294 e. The van der Waals surface area contributed by atoms with E-state index in [2.05, 4.69) is 5.10 Å². The van der Waals surface area contributed by atoms with Crippen molar-refractivity contribution in [1.82, 2.24) is 9.31 Å². The molecule has 1 heterocycles. The van der Waals surface area contributed by atoms with Crippen LogP contribution in [0.2, 0.25) is 0 Å². The number of nitrogens with zero attached hydrogens (tertiary/aromatic N) is 4. The van der Waals surface area contributed by atoms with Gasteiger partial charge < -0.3 is 0 Å². The molecule has 0 saturated carbocycles. The number of hydrogen-bond acceptors (Lipinski definition) is 5. The SMILES string of the molecule is CS(=O)(=O)N1CCN(/N=C/C#N)CC1. The van der Waals surface area contributed by atoms with Crippen molar-refractivity contribution < 1.29 is 8.42 Å². The predicted octanol–water partition coefficient (Wildman–Crippen LogP) is -0.927. The minimum absolute atomic E-state index is 0.432. The lowest BCUT2D eigenvalue weighted by atomic mass is 10.4. The Labute approximate surface area is 83.5 Å². The van der Waals surface area contributed by atoms with Gasteiger partial charge in [0, 0.05) is 26.2 Å². The highest BCUT2D eigenvalue weighted by Crippen LogP contribution is 2.05. The lowest BCUT2D eigenvalue weighted by Crippen LogP contribution is -2.46. The van der Waals surface area contributed by atoms with Crippen LogP contribution >= 0.6 is 0 Å². The van der Waals surface area contributed by atoms with Gasteiger partial charge in [0.1, 0.15) is 12.3 Å². The lowest BCUT2D eigenvalue weighted by molar-refractivity contribution is 0.197. The van der Waals surface area contributed by atoms with E-state index in [1.165, 1.54) is 10.6 Å². The molecule has 78 valence electrons. The van der Waals surface area contributed by atoms with Crippen LogP contribution in [0.25, 0.3) is 0 Å². The first-order valence-electron chi connectivity index (χ1n) is 4.16. The zero-order chi connectivity index (χ0) is 10.6. The zero-order valence-corrected chi connectivity index (χ0v) is 8.74. The van der Waals surface area contributed by atoms with Crippen LogP contribution in [0.1, 0.15) is 0 Å². The summed E-state index contributed by atoms with van der Waals surface area (Å²) in [7, 11) is -3.08. The van der Waals surface area contributed by atoms with Crippen LogP contribution in [0.5, 0.6) is 0 Å². The van der Waals surface area contributed by atoms with E-state index < -0.39 is 10.0 Å². The summed E-state index contributed by atoms with van der Waals surface area (Å²) < 4.78 is 23.7. The van der Waals surface area contributed by atoms with E-state index in [1.807, 2.05) is 0 Å². The second kappa shape index (κ2) is 4.39. The van der Waals surface area contributed by atoms with Crippen LogP contribution in [0.3, 0.4) is 0 Å². The molecule has 0 atom stereocenters. The van der Waals surface area contributed by atoms with E-state index in [0.29, 0.717) is 26.2 Å². The number of nitriles is 1. The molecule has 0 N–H and O–H groups in total. The quantitative estimate of drug-likeness (QED) is 0.559. The molecule has 1 aliphatic heterocycles. The summed E-state index contributed by atoms with van der Waals surface area (Å²) in [6.45, 7) is 1.93. The molecule has 1 saturated heterocycles. The van der Waals surface area contributed by atoms with Crippen LogP contribution in [-0.2, 0) is 10.0 Å². The number of piperazine rings is 1. The van der Waals surface area contributed by atoms with E-state index in [1.54, 1.807) is 11.1 Å². The maximum absolute atomic E-state index is 11.1. The second-order valence-electron chi connectivity index (χ2n) is 2.99. The molecule has 0 unspecified atom stereocenters. The van der Waals surface area contributed by atoms with Crippen molar-refractivity contribution in [3.63, 3.8) is 0 Å². The molecule has 0 amide bonds. The Bertz CT molecular complexity index is 348. The van der Waals surface area contributed by atoms with Crippen LogP contribution in [0.15, 0.2) is 5.10 Å². The summed E-state index contributed by atoms with van der Waals surface area (Å²) >= 11 is 0. The Morgan fingerprint density at radius 2 is 1.93 bits per heavy atom. The summed E-state index contributed by atoms with van der Waals surface area (Å²) in [6, 6.07) is 1.79. The van der Waals surface area contributed by atoms with Crippen LogP contribution in [0.4, 0.5) is 0 Å². The van der Waals surface area contributed by atoms with Gasteiger partial charge in [-0.15, -0.1) is 0 Å². The molecule has 0 spiro atoms. The molecule has 7 heteroatoms. The minimum atomic E-state index is -3.08. The second-order valence-corrected chi connectivity index (χ2v) is 4.97. The summed E-state index contributed by atoms with van der Waals surface area (Å²) in [4.78, 5) is 0. The molecule has 1 fully saturated rings. The van der Waals surface area contributed by atoms with Gasteiger partial charge in [0.05, 0.1) is 6.26 Å². The van der Waals surface area contributed by atoms with E-state index in [-0.39, 0.29) is 0 Å². The average molecular weight is 216 g/mol. The standard InChI is InChI=1S/C7H12N4O2S/c1-14(12,13)11-6-4-10(5-7-11)9-3-2-8/h3H,4-7H2,1H3/b9-3+. The predicted molar refractivity (Wildman–Crippen MR) is 52.1 cm³/mol. The summed E-state index contributed by atoms with van der Waals surface area (Å²) in [5.41, 5.74) is 0. The van der Waals surface area contributed by atoms with Gasteiger partial charge in [-0.3, -0.25) is 5.01 Å². The summed E-state index contributed by atoms with van der Waals surface area (Å²) in [6.07, 6.45) is 2.34. The van der Waals surface area contributed by atoms with Gasteiger partial charge in [-0.1, -0.05) is 0 Å². The van der Waals surface area contributed by atoms with Gasteiger partial charge in [0.25, 0.3) is 0 Å². The maximum Gasteiger partial charge on any atom is 0.211 e. The Hall–Kier alpha value is -1.13. The first kappa shape index (κ1) is 10.9. The number of rotatable bonds is 2. The van der Waals surface area contributed by atoms with E-state index in [4.69, 9.17) is 5.26 Å². The van der Waals surface area contributed by atoms with Crippen molar-refractivity contribution >= 4 is 16.2 Å². The fourth-order valence-electron chi connectivity index (χ4n) is 1.23. The number of sulfonamides is 1. The van der Waals surface area contributed by atoms with Crippen LogP contribution in [0, 0.1) is 11.3 Å². The minimum Gasteiger partial charge on any atom is -0.294 e. The zero-order valence-electron chi connectivity index (χ0n) is 7.92. The lowest BCUT2D eigenvalue weighted by Gasteiger charge is -2.30. The summed E-state index contributed by atoms with van der Waals surface area (Å²) in [5.74, 6) is 0. The monoisotopic (exact) mass is 216 g/mol. The van der Waals surface area contributed by atoms with Crippen molar-refractivity contribution in [3.8, 4) is 6.07 Å². The van der Waals surface area contributed by atoms with Gasteiger partial charge in [-0.05, 0) is 0 Å². The first-order chi connectivity index (χ1) is 6.54. The molecule has 6 nitrogen and oxygen atoms in total. The fraction of sp³-hybridized carbons (Fsp3) is 0.714. The Balaban J connectivity index is 2.48. The van der Waals surface area contributed by atoms with Crippen molar-refractivity contribution in [2.45, 2.75) is 0 Å². The molecule has 0 aliphatic carbocycles. The normalized spacial score (nSPS) is 19.9. The van der Waals surface area contributed by atoms with E-state index >= 15 is 0 Å². The van der Waals surface area contributed by atoms with Gasteiger partial charge in [0.2, 0.25) is 10.0 Å². The third-order valence-electron chi connectivity index (χ3n) is 1.96. The van der Waals surface area contributed by atoms with Gasteiger partial charge >= 0.3 is 0 Å². The number of hydrazone groups is 1. The molecule has 1 rings (SSSR count). The molecule has 14 heavy (non-hydrogen) atoms. The highest BCUT2D eigenvalue weighted by molar-refractivity contribution is 7.88. The Morgan fingerprint density at radius 1 is 1.36 bits per heavy atom. The van der Waals surface area contributed by atoms with Gasteiger partial charge in [-0.25, -0.2) is 8.42 Å². The summed E-state index contributed by atoms with van der Waals surface area (Å²) in [5, 5.41) is 13.8.